The molecule has 0 heterocycles. The number of aryl methyl sites for hydroxylation is 6. The van der Waals surface area contributed by atoms with E-state index in [0.717, 1.165) is 0 Å². The minimum Gasteiger partial charge on any atom is -0.0549 e. The van der Waals surface area contributed by atoms with E-state index in [1.807, 2.05) is 0 Å². The number of hydrogen-bond acceptors (Lipinski definition) is 0. The third-order valence-corrected chi connectivity index (χ3v) is 12.8. The van der Waals surface area contributed by atoms with E-state index in [9.17, 15) is 0 Å². The lowest BCUT2D eigenvalue weighted by atomic mass is 9.53. The molecule has 0 fully saturated rings. The van der Waals surface area contributed by atoms with Crippen LogP contribution in [0.4, 0.5) is 0 Å². The molecule has 0 nitrogen and oxygen atoms in total. The van der Waals surface area contributed by atoms with Crippen LogP contribution in [-0.4, -0.2) is 0 Å². The first-order valence-corrected chi connectivity index (χ1v) is 14.2. The van der Waals surface area contributed by atoms with Crippen LogP contribution in [0.3, 0.4) is 0 Å². The Hall–Kier alpha value is -2.60. The molecule has 0 radical (unpaired) electrons. The van der Waals surface area contributed by atoms with Gasteiger partial charge in [0.25, 0.3) is 0 Å². The van der Waals surface area contributed by atoms with Crippen LogP contribution >= 0.6 is 0 Å². The molecule has 0 aliphatic heterocycles. The van der Waals surface area contributed by atoms with E-state index in [1.54, 1.807) is 38.2 Å². The Morgan fingerprint density at radius 3 is 1.16 bits per heavy atom. The number of benzene rings is 5. The van der Waals surface area contributed by atoms with Crippen molar-refractivity contribution in [1.82, 2.24) is 0 Å². The normalized spacial score (nSPS) is 21.2. The predicted molar refractivity (Wildman–Crippen MR) is 164 cm³/mol. The van der Waals surface area contributed by atoms with E-state index in [-0.39, 0.29) is 16.2 Å². The maximum Gasteiger partial charge on any atom is 0.0121 e. The summed E-state index contributed by atoms with van der Waals surface area (Å²) in [5, 5.41) is 12.4. The summed E-state index contributed by atoms with van der Waals surface area (Å²) in [4.78, 5) is 0. The molecule has 5 aromatic carbocycles. The van der Waals surface area contributed by atoms with Crippen molar-refractivity contribution in [2.45, 2.75) is 113 Å². The van der Waals surface area contributed by atoms with Gasteiger partial charge in [0.2, 0.25) is 0 Å². The summed E-state index contributed by atoms with van der Waals surface area (Å²) in [5.41, 5.74) is 18.3. The Morgan fingerprint density at radius 1 is 0.270 bits per heavy atom. The number of rotatable bonds is 0. The van der Waals surface area contributed by atoms with E-state index in [4.69, 9.17) is 0 Å². The summed E-state index contributed by atoms with van der Waals surface area (Å²) < 4.78 is 0. The summed E-state index contributed by atoms with van der Waals surface area (Å²) >= 11 is 0. The van der Waals surface area contributed by atoms with E-state index < -0.39 is 0 Å². The summed E-state index contributed by atoms with van der Waals surface area (Å²) in [6, 6.07) is 0. The highest BCUT2D eigenvalue weighted by Gasteiger charge is 2.64. The fourth-order valence-electron chi connectivity index (χ4n) is 10.1. The molecule has 5 aromatic rings. The predicted octanol–water partition coefficient (Wildman–Crippen LogP) is 10.4. The molecule has 0 saturated heterocycles. The molecule has 7 rings (SSSR count). The first-order valence-electron chi connectivity index (χ1n) is 14.2. The van der Waals surface area contributed by atoms with Gasteiger partial charge in [-0.15, -0.1) is 0 Å². The number of fused-ring (bicyclic) bond motifs is 1. The molecule has 0 N–H and O–H groups in total. The smallest absolute Gasteiger partial charge is 0.0121 e. The van der Waals surface area contributed by atoms with Gasteiger partial charge in [-0.3, -0.25) is 0 Å². The van der Waals surface area contributed by atoms with Crippen LogP contribution in [0.5, 0.6) is 0 Å². The Bertz CT molecular complexity index is 1950. The molecule has 0 spiro atoms. The largest absolute Gasteiger partial charge is 0.0549 e. The summed E-state index contributed by atoms with van der Waals surface area (Å²) in [7, 11) is 0. The second kappa shape index (κ2) is 6.17. The zero-order valence-corrected chi connectivity index (χ0v) is 25.5. The Kier molecular flexibility index (Phi) is 3.92. The molecule has 0 heteroatoms. The van der Waals surface area contributed by atoms with Gasteiger partial charge in [-0.05, 0) is 172 Å². The molecular formula is C37H42. The molecule has 0 aromatic heterocycles. The highest BCUT2D eigenvalue weighted by Crippen LogP contribution is 2.71. The van der Waals surface area contributed by atoms with Crippen LogP contribution in [-0.2, 0) is 16.2 Å². The van der Waals surface area contributed by atoms with Crippen molar-refractivity contribution in [3.05, 3.63) is 66.8 Å². The molecule has 2 aliphatic carbocycles. The molecule has 1 unspecified atom stereocenters. The Labute approximate surface area is 222 Å². The van der Waals surface area contributed by atoms with Crippen LogP contribution in [0, 0.1) is 62.3 Å². The van der Waals surface area contributed by atoms with Crippen LogP contribution in [0.25, 0.3) is 43.1 Å². The van der Waals surface area contributed by atoms with Crippen LogP contribution in [0.15, 0.2) is 0 Å². The van der Waals surface area contributed by atoms with Crippen molar-refractivity contribution < 1.29 is 0 Å². The molecule has 37 heavy (non-hydrogen) atoms. The monoisotopic (exact) mass is 486 g/mol. The van der Waals surface area contributed by atoms with Gasteiger partial charge in [0, 0.05) is 16.2 Å². The van der Waals surface area contributed by atoms with E-state index in [0.29, 0.717) is 0 Å². The van der Waals surface area contributed by atoms with E-state index >= 15 is 0 Å². The first-order chi connectivity index (χ1) is 17.1. The third-order valence-electron chi connectivity index (χ3n) is 12.8. The van der Waals surface area contributed by atoms with Crippen LogP contribution in [0.1, 0.15) is 101 Å². The second-order valence-corrected chi connectivity index (χ2v) is 14.1. The van der Waals surface area contributed by atoms with Gasteiger partial charge in [0.1, 0.15) is 0 Å². The molecule has 0 bridgehead atoms. The van der Waals surface area contributed by atoms with Gasteiger partial charge in [-0.2, -0.15) is 0 Å². The van der Waals surface area contributed by atoms with Crippen molar-refractivity contribution in [1.29, 1.82) is 0 Å². The zero-order valence-electron chi connectivity index (χ0n) is 25.5. The highest BCUT2D eigenvalue weighted by atomic mass is 14.7. The topological polar surface area (TPSA) is 0 Å². The molecular weight excluding hydrogens is 444 g/mol. The van der Waals surface area contributed by atoms with Crippen molar-refractivity contribution >= 4 is 43.1 Å². The fraction of sp³-hybridized carbons (Fsp3) is 0.459. The average molecular weight is 487 g/mol. The maximum absolute atomic E-state index is 2.61. The van der Waals surface area contributed by atoms with Gasteiger partial charge in [0.15, 0.2) is 0 Å². The third kappa shape index (κ3) is 1.97. The number of hydrogen-bond donors (Lipinski definition) is 0. The van der Waals surface area contributed by atoms with Gasteiger partial charge in [-0.25, -0.2) is 0 Å². The molecule has 2 aliphatic rings. The Balaban J connectivity index is 2.04. The standard InChI is InChI=1S/C37H42/c1-15-17(3)24-20(6)21(7)26-27-19(5)16(2)22(8)32-30(27)34-31-29(26)28(24)25(18(15)4)23(9)33(31)36(12,13)37(34,14)35(32,10)11/h1-14H3. The minimum atomic E-state index is 0.0193. The van der Waals surface area contributed by atoms with E-state index in [2.05, 4.69) is 96.9 Å². The summed E-state index contributed by atoms with van der Waals surface area (Å²) in [6.45, 7) is 34.3. The van der Waals surface area contributed by atoms with E-state index in [1.165, 1.54) is 71.6 Å². The summed E-state index contributed by atoms with van der Waals surface area (Å²) in [6.07, 6.45) is 0. The summed E-state index contributed by atoms with van der Waals surface area (Å²) in [5.74, 6) is 0. The van der Waals surface area contributed by atoms with Crippen molar-refractivity contribution in [3.8, 4) is 0 Å². The first kappa shape index (κ1) is 23.5. The average Bonchev–Trinajstić information content (AvgIpc) is 3.14. The van der Waals surface area contributed by atoms with Crippen LogP contribution < -0.4 is 0 Å². The van der Waals surface area contributed by atoms with Gasteiger partial charge >= 0.3 is 0 Å². The minimum absolute atomic E-state index is 0.0193. The highest BCUT2D eigenvalue weighted by molar-refractivity contribution is 6.36. The SMILES string of the molecule is Cc1c(C)c(C)c2c3c1C(C)(C)C1(C)c3c3c(c(C)c4c(C)c(C)c(C)c5c(C)c(C)c2c3c45)C1(C)C. The molecule has 0 amide bonds. The quantitative estimate of drug-likeness (QED) is 0.151. The lowest BCUT2D eigenvalue weighted by Gasteiger charge is -2.49. The lowest BCUT2D eigenvalue weighted by Crippen LogP contribution is -2.50. The van der Waals surface area contributed by atoms with Gasteiger partial charge in [0.05, 0.1) is 0 Å². The Morgan fingerprint density at radius 2 is 0.595 bits per heavy atom. The van der Waals surface area contributed by atoms with Crippen LogP contribution in [0.2, 0.25) is 0 Å². The molecule has 190 valence electrons. The zero-order chi connectivity index (χ0) is 27.0. The van der Waals surface area contributed by atoms with Crippen molar-refractivity contribution in [3.63, 3.8) is 0 Å². The molecule has 0 saturated carbocycles. The fourth-order valence-corrected chi connectivity index (χ4v) is 10.1. The van der Waals surface area contributed by atoms with Gasteiger partial charge < -0.3 is 0 Å². The molecule has 1 atom stereocenters. The maximum atomic E-state index is 2.61. The van der Waals surface area contributed by atoms with Crippen molar-refractivity contribution in [2.75, 3.05) is 0 Å². The van der Waals surface area contributed by atoms with Crippen molar-refractivity contribution in [2.24, 2.45) is 0 Å². The lowest BCUT2D eigenvalue weighted by molar-refractivity contribution is 0.185. The van der Waals surface area contributed by atoms with Gasteiger partial charge in [-0.1, -0.05) is 34.6 Å². The second-order valence-electron chi connectivity index (χ2n) is 14.1.